The van der Waals surface area contributed by atoms with Crippen molar-refractivity contribution in [2.24, 2.45) is 0 Å². The van der Waals surface area contributed by atoms with Crippen LogP contribution in [0.5, 0.6) is 0 Å². The predicted molar refractivity (Wildman–Crippen MR) is 49.3 cm³/mol. The van der Waals surface area contributed by atoms with E-state index in [1.807, 2.05) is 12.2 Å². The van der Waals surface area contributed by atoms with Gasteiger partial charge in [-0.15, -0.1) is 0 Å². The third-order valence-electron chi connectivity index (χ3n) is 1.90. The van der Waals surface area contributed by atoms with Gasteiger partial charge in [-0.05, 0) is 25.8 Å². The molecule has 1 nitrogen and oxygen atoms in total. The third-order valence-corrected chi connectivity index (χ3v) is 1.90. The maximum atomic E-state index is 3.64. The first kappa shape index (κ1) is 8.12. The number of rotatable bonds is 2. The summed E-state index contributed by atoms with van der Waals surface area (Å²) in [5.41, 5.74) is 2.70. The Morgan fingerprint density at radius 1 is 1.64 bits per heavy atom. The molecule has 1 rings (SSSR count). The van der Waals surface area contributed by atoms with Gasteiger partial charge in [0.05, 0.1) is 0 Å². The standard InChI is InChI=1S/C10H15N/c1-4-5-6-10-7-8(2)11-9(10)3/h4-6,8,11H,1,7H2,2-3H3/b6-5-/t8-/m1/s1. The smallest absolute Gasteiger partial charge is 0.0271 e. The minimum absolute atomic E-state index is 0.597. The molecule has 0 saturated carbocycles. The summed E-state index contributed by atoms with van der Waals surface area (Å²) in [7, 11) is 0. The molecule has 0 saturated heterocycles. The van der Waals surface area contributed by atoms with Crippen molar-refractivity contribution in [3.63, 3.8) is 0 Å². The van der Waals surface area contributed by atoms with Crippen molar-refractivity contribution in [3.05, 3.63) is 36.1 Å². The van der Waals surface area contributed by atoms with E-state index in [0.717, 1.165) is 6.42 Å². The quantitative estimate of drug-likeness (QED) is 0.594. The SMILES string of the molecule is C=C/C=C\C1=C(C)N[C@H](C)C1. The number of nitrogens with one attached hydrogen (secondary N) is 1. The van der Waals surface area contributed by atoms with Crippen molar-refractivity contribution in [1.82, 2.24) is 5.32 Å². The Balaban J connectivity index is 2.64. The summed E-state index contributed by atoms with van der Waals surface area (Å²) in [6, 6.07) is 0.597. The molecular formula is C10H15N. The van der Waals surface area contributed by atoms with Crippen LogP contribution in [0.25, 0.3) is 0 Å². The third kappa shape index (κ3) is 1.97. The average molecular weight is 149 g/mol. The highest BCUT2D eigenvalue weighted by Gasteiger charge is 2.13. The molecule has 1 heteroatoms. The largest absolute Gasteiger partial charge is 0.386 e. The molecule has 0 aromatic heterocycles. The summed E-state index contributed by atoms with van der Waals surface area (Å²) in [6.07, 6.45) is 7.05. The van der Waals surface area contributed by atoms with E-state index in [1.54, 1.807) is 0 Å². The molecule has 0 aliphatic carbocycles. The van der Waals surface area contributed by atoms with Gasteiger partial charge in [0, 0.05) is 11.7 Å². The van der Waals surface area contributed by atoms with Crippen LogP contribution in [0, 0.1) is 0 Å². The summed E-state index contributed by atoms with van der Waals surface area (Å²) in [6.45, 7) is 7.95. The molecule has 60 valence electrons. The fraction of sp³-hybridized carbons (Fsp3) is 0.400. The van der Waals surface area contributed by atoms with E-state index in [1.165, 1.54) is 11.3 Å². The second kappa shape index (κ2) is 3.42. The van der Waals surface area contributed by atoms with Crippen LogP contribution in [0.4, 0.5) is 0 Å². The zero-order valence-corrected chi connectivity index (χ0v) is 7.22. The highest BCUT2D eigenvalue weighted by molar-refractivity contribution is 5.30. The maximum Gasteiger partial charge on any atom is 0.0271 e. The molecule has 0 aromatic carbocycles. The number of allylic oxidation sites excluding steroid dienone is 4. The Kier molecular flexibility index (Phi) is 2.53. The molecule has 0 bridgehead atoms. The fourth-order valence-electron chi connectivity index (χ4n) is 1.37. The lowest BCUT2D eigenvalue weighted by molar-refractivity contribution is 0.668. The topological polar surface area (TPSA) is 12.0 Å². The molecule has 1 N–H and O–H groups in total. The van der Waals surface area contributed by atoms with Crippen molar-refractivity contribution in [2.75, 3.05) is 0 Å². The summed E-state index contributed by atoms with van der Waals surface area (Å²) in [4.78, 5) is 0. The monoisotopic (exact) mass is 149 g/mol. The van der Waals surface area contributed by atoms with Gasteiger partial charge in [-0.25, -0.2) is 0 Å². The molecule has 0 aromatic rings. The zero-order valence-electron chi connectivity index (χ0n) is 7.22. The van der Waals surface area contributed by atoms with Crippen molar-refractivity contribution >= 4 is 0 Å². The van der Waals surface area contributed by atoms with Gasteiger partial charge in [0.15, 0.2) is 0 Å². The summed E-state index contributed by atoms with van der Waals surface area (Å²) in [5.74, 6) is 0. The Labute approximate surface area is 68.5 Å². The lowest BCUT2D eigenvalue weighted by Gasteiger charge is -2.01. The maximum absolute atomic E-state index is 3.64. The van der Waals surface area contributed by atoms with Crippen molar-refractivity contribution < 1.29 is 0 Å². The van der Waals surface area contributed by atoms with E-state index in [9.17, 15) is 0 Å². The van der Waals surface area contributed by atoms with E-state index >= 15 is 0 Å². The molecule has 1 atom stereocenters. The van der Waals surface area contributed by atoms with Crippen LogP contribution in [-0.2, 0) is 0 Å². The predicted octanol–water partition coefficient (Wildman–Crippen LogP) is 2.38. The second-order valence-electron chi connectivity index (χ2n) is 2.99. The van der Waals surface area contributed by atoms with Gasteiger partial charge in [-0.3, -0.25) is 0 Å². The lowest BCUT2D eigenvalue weighted by Crippen LogP contribution is -2.16. The molecule has 0 amide bonds. The Morgan fingerprint density at radius 2 is 2.36 bits per heavy atom. The molecule has 0 radical (unpaired) electrons. The van der Waals surface area contributed by atoms with Gasteiger partial charge in [-0.2, -0.15) is 0 Å². The summed E-state index contributed by atoms with van der Waals surface area (Å²) in [5, 5.41) is 3.37. The Morgan fingerprint density at radius 3 is 2.82 bits per heavy atom. The molecular weight excluding hydrogens is 134 g/mol. The Hall–Kier alpha value is -0.980. The van der Waals surface area contributed by atoms with Crippen molar-refractivity contribution in [3.8, 4) is 0 Å². The van der Waals surface area contributed by atoms with Gasteiger partial charge in [0.2, 0.25) is 0 Å². The highest BCUT2D eigenvalue weighted by Crippen LogP contribution is 2.18. The average Bonchev–Trinajstić information content (AvgIpc) is 2.26. The number of hydrogen-bond acceptors (Lipinski definition) is 1. The minimum atomic E-state index is 0.597. The molecule has 0 fully saturated rings. The Bertz CT molecular complexity index is 211. The first-order valence-electron chi connectivity index (χ1n) is 3.99. The molecule has 0 spiro atoms. The molecule has 0 unspecified atom stereocenters. The fourth-order valence-corrected chi connectivity index (χ4v) is 1.37. The molecule has 1 aliphatic heterocycles. The van der Waals surface area contributed by atoms with Crippen LogP contribution in [0.2, 0.25) is 0 Å². The van der Waals surface area contributed by atoms with E-state index in [4.69, 9.17) is 0 Å². The van der Waals surface area contributed by atoms with Crippen LogP contribution in [-0.4, -0.2) is 6.04 Å². The van der Waals surface area contributed by atoms with E-state index in [0.29, 0.717) is 6.04 Å². The summed E-state index contributed by atoms with van der Waals surface area (Å²) < 4.78 is 0. The first-order valence-corrected chi connectivity index (χ1v) is 3.99. The van der Waals surface area contributed by atoms with Crippen LogP contribution in [0.1, 0.15) is 20.3 Å². The van der Waals surface area contributed by atoms with Crippen LogP contribution < -0.4 is 5.32 Å². The zero-order chi connectivity index (χ0) is 8.27. The molecule has 11 heavy (non-hydrogen) atoms. The van der Waals surface area contributed by atoms with E-state index < -0.39 is 0 Å². The normalized spacial score (nSPS) is 24.4. The highest BCUT2D eigenvalue weighted by atomic mass is 14.9. The second-order valence-corrected chi connectivity index (χ2v) is 2.99. The van der Waals surface area contributed by atoms with Crippen molar-refractivity contribution in [2.45, 2.75) is 26.3 Å². The van der Waals surface area contributed by atoms with Gasteiger partial charge in [0.25, 0.3) is 0 Å². The van der Waals surface area contributed by atoms with Gasteiger partial charge in [0.1, 0.15) is 0 Å². The van der Waals surface area contributed by atoms with E-state index in [2.05, 4.69) is 31.8 Å². The first-order chi connectivity index (χ1) is 5.24. The lowest BCUT2D eigenvalue weighted by atomic mass is 10.1. The molecule has 1 heterocycles. The van der Waals surface area contributed by atoms with Gasteiger partial charge in [-0.1, -0.05) is 24.8 Å². The van der Waals surface area contributed by atoms with Crippen molar-refractivity contribution in [1.29, 1.82) is 0 Å². The summed E-state index contributed by atoms with van der Waals surface area (Å²) >= 11 is 0. The van der Waals surface area contributed by atoms with Crippen LogP contribution >= 0.6 is 0 Å². The minimum Gasteiger partial charge on any atom is -0.386 e. The van der Waals surface area contributed by atoms with Crippen LogP contribution in [0.3, 0.4) is 0 Å². The van der Waals surface area contributed by atoms with Gasteiger partial charge >= 0.3 is 0 Å². The van der Waals surface area contributed by atoms with Crippen LogP contribution in [0.15, 0.2) is 36.1 Å². The number of hydrogen-bond donors (Lipinski definition) is 1. The van der Waals surface area contributed by atoms with E-state index in [-0.39, 0.29) is 0 Å². The van der Waals surface area contributed by atoms with Gasteiger partial charge < -0.3 is 5.32 Å². The molecule has 1 aliphatic rings.